The van der Waals surface area contributed by atoms with Crippen molar-refractivity contribution in [2.24, 2.45) is 0 Å². The molecule has 0 aromatic heterocycles. The normalized spacial score (nSPS) is 15.3. The van der Waals surface area contributed by atoms with Gasteiger partial charge in [0.2, 0.25) is 5.91 Å². The Balaban J connectivity index is 2.42. The van der Waals surface area contributed by atoms with Crippen molar-refractivity contribution in [3.05, 3.63) is 29.3 Å². The van der Waals surface area contributed by atoms with Crippen molar-refractivity contribution in [3.8, 4) is 0 Å². The highest BCUT2D eigenvalue weighted by atomic mass is 16.2. The van der Waals surface area contributed by atoms with Gasteiger partial charge < -0.3 is 10.2 Å². The van der Waals surface area contributed by atoms with Gasteiger partial charge >= 0.3 is 0 Å². The molecule has 0 aliphatic carbocycles. The third kappa shape index (κ3) is 2.30. The Hall–Kier alpha value is -1.84. The second kappa shape index (κ2) is 4.57. The molecule has 1 N–H and O–H groups in total. The first-order chi connectivity index (χ1) is 8.11. The fraction of sp³-hybridized carbons (Fsp3) is 0.385. The molecule has 2 amide bonds. The molecule has 2 rings (SSSR count). The fourth-order valence-electron chi connectivity index (χ4n) is 2.01. The molecule has 0 fully saturated rings. The number of likely N-dealkylation sites (N-methyl/N-ethyl adjacent to an activating group) is 1. The van der Waals surface area contributed by atoms with Crippen LogP contribution in [-0.4, -0.2) is 30.3 Å². The van der Waals surface area contributed by atoms with Gasteiger partial charge in [-0.3, -0.25) is 9.59 Å². The van der Waals surface area contributed by atoms with Crippen molar-refractivity contribution in [1.29, 1.82) is 0 Å². The minimum Gasteiger partial charge on any atom is -0.332 e. The van der Waals surface area contributed by atoms with Crippen LogP contribution in [0.4, 0.5) is 5.69 Å². The lowest BCUT2D eigenvalue weighted by molar-refractivity contribution is -0.116. The third-order valence-electron chi connectivity index (χ3n) is 2.85. The largest absolute Gasteiger partial charge is 0.332 e. The lowest BCUT2D eigenvalue weighted by Gasteiger charge is -2.12. The van der Waals surface area contributed by atoms with Crippen molar-refractivity contribution < 1.29 is 9.59 Å². The number of carbonyl (C=O) groups is 2. The summed E-state index contributed by atoms with van der Waals surface area (Å²) in [6, 6.07) is 5.64. The van der Waals surface area contributed by atoms with E-state index in [0.29, 0.717) is 11.3 Å². The van der Waals surface area contributed by atoms with Gasteiger partial charge in [-0.1, -0.05) is 19.4 Å². The van der Waals surface area contributed by atoms with Crippen molar-refractivity contribution >= 4 is 17.5 Å². The minimum absolute atomic E-state index is 0.108. The molecule has 0 atom stereocenters. The number of hydrogen-bond donors (Lipinski definition) is 1. The summed E-state index contributed by atoms with van der Waals surface area (Å²) in [4.78, 5) is 25.0. The number of rotatable bonds is 2. The standard InChI is InChI=1S/C13H16N2O2/c1-3-4-9-5-6-10-11(7-9)14-12(16)8-15(2)13(10)17/h5-7H,3-4,8H2,1-2H3,(H,14,16). The minimum atomic E-state index is -0.145. The van der Waals surface area contributed by atoms with Gasteiger partial charge in [-0.05, 0) is 24.1 Å². The number of nitrogens with one attached hydrogen (secondary N) is 1. The van der Waals surface area contributed by atoms with E-state index >= 15 is 0 Å². The van der Waals surface area contributed by atoms with E-state index in [9.17, 15) is 9.59 Å². The number of fused-ring (bicyclic) bond motifs is 1. The topological polar surface area (TPSA) is 49.4 Å². The Morgan fingerprint density at radius 2 is 2.12 bits per heavy atom. The van der Waals surface area contributed by atoms with Crippen LogP contribution in [-0.2, 0) is 11.2 Å². The number of hydrogen-bond acceptors (Lipinski definition) is 2. The number of anilines is 1. The van der Waals surface area contributed by atoms with Gasteiger partial charge in [0.15, 0.2) is 0 Å². The van der Waals surface area contributed by atoms with Crippen LogP contribution >= 0.6 is 0 Å². The van der Waals surface area contributed by atoms with Crippen molar-refractivity contribution in [2.75, 3.05) is 18.9 Å². The van der Waals surface area contributed by atoms with E-state index < -0.39 is 0 Å². The van der Waals surface area contributed by atoms with Crippen LogP contribution in [0.5, 0.6) is 0 Å². The Bertz CT molecular complexity index is 468. The van der Waals surface area contributed by atoms with Gasteiger partial charge in [0.05, 0.1) is 17.8 Å². The first kappa shape index (κ1) is 11.6. The Kier molecular flexibility index (Phi) is 3.13. The maximum atomic E-state index is 12.0. The highest BCUT2D eigenvalue weighted by molar-refractivity contribution is 6.08. The van der Waals surface area contributed by atoms with Gasteiger partial charge in [-0.2, -0.15) is 0 Å². The summed E-state index contributed by atoms with van der Waals surface area (Å²) in [6.07, 6.45) is 1.99. The van der Waals surface area contributed by atoms with E-state index in [-0.39, 0.29) is 18.4 Å². The lowest BCUT2D eigenvalue weighted by atomic mass is 10.0. The van der Waals surface area contributed by atoms with E-state index in [4.69, 9.17) is 0 Å². The molecule has 1 aromatic rings. The first-order valence-corrected chi connectivity index (χ1v) is 5.80. The van der Waals surface area contributed by atoms with E-state index in [1.807, 2.05) is 12.1 Å². The van der Waals surface area contributed by atoms with Crippen LogP contribution < -0.4 is 5.32 Å². The third-order valence-corrected chi connectivity index (χ3v) is 2.85. The van der Waals surface area contributed by atoms with Gasteiger partial charge in [0, 0.05) is 7.05 Å². The molecule has 1 aliphatic heterocycles. The molecular weight excluding hydrogens is 216 g/mol. The number of carbonyl (C=O) groups excluding carboxylic acids is 2. The molecule has 17 heavy (non-hydrogen) atoms. The van der Waals surface area contributed by atoms with Crippen LogP contribution in [0.15, 0.2) is 18.2 Å². The van der Waals surface area contributed by atoms with Crippen LogP contribution in [0.2, 0.25) is 0 Å². The number of benzene rings is 1. The molecule has 0 bridgehead atoms. The van der Waals surface area contributed by atoms with E-state index in [2.05, 4.69) is 12.2 Å². The molecule has 90 valence electrons. The highest BCUT2D eigenvalue weighted by Gasteiger charge is 2.23. The molecule has 1 aliphatic rings. The summed E-state index contributed by atoms with van der Waals surface area (Å²) in [7, 11) is 1.64. The smallest absolute Gasteiger partial charge is 0.256 e. The Morgan fingerprint density at radius 3 is 2.82 bits per heavy atom. The number of amides is 2. The zero-order valence-electron chi connectivity index (χ0n) is 10.1. The monoisotopic (exact) mass is 232 g/mol. The molecule has 1 heterocycles. The van der Waals surface area contributed by atoms with E-state index in [1.165, 1.54) is 4.90 Å². The van der Waals surface area contributed by atoms with Gasteiger partial charge in [0.1, 0.15) is 0 Å². The van der Waals surface area contributed by atoms with Crippen molar-refractivity contribution in [1.82, 2.24) is 4.90 Å². The predicted octanol–water partition coefficient (Wildman–Crippen LogP) is 1.66. The highest BCUT2D eigenvalue weighted by Crippen LogP contribution is 2.22. The summed E-state index contributed by atoms with van der Waals surface area (Å²) < 4.78 is 0. The predicted molar refractivity (Wildman–Crippen MR) is 66.0 cm³/mol. The van der Waals surface area contributed by atoms with Crippen molar-refractivity contribution in [2.45, 2.75) is 19.8 Å². The van der Waals surface area contributed by atoms with Crippen LogP contribution in [0.3, 0.4) is 0 Å². The van der Waals surface area contributed by atoms with Crippen LogP contribution in [0.1, 0.15) is 29.3 Å². The quantitative estimate of drug-likeness (QED) is 0.843. The maximum absolute atomic E-state index is 12.0. The molecule has 4 nitrogen and oxygen atoms in total. The van der Waals surface area contributed by atoms with Gasteiger partial charge in [0.25, 0.3) is 5.91 Å². The number of nitrogens with zero attached hydrogens (tertiary/aromatic N) is 1. The van der Waals surface area contributed by atoms with Gasteiger partial charge in [-0.15, -0.1) is 0 Å². The summed E-state index contributed by atoms with van der Waals surface area (Å²) in [5.74, 6) is -0.255. The summed E-state index contributed by atoms with van der Waals surface area (Å²) in [5.41, 5.74) is 2.34. The fourth-order valence-corrected chi connectivity index (χ4v) is 2.01. The summed E-state index contributed by atoms with van der Waals surface area (Å²) in [5, 5.41) is 2.78. The molecule has 1 aromatic carbocycles. The summed E-state index contributed by atoms with van der Waals surface area (Å²) in [6.45, 7) is 2.21. The second-order valence-corrected chi connectivity index (χ2v) is 4.34. The Morgan fingerprint density at radius 1 is 1.35 bits per heavy atom. The molecule has 0 unspecified atom stereocenters. The Labute approximate surface area is 101 Å². The summed E-state index contributed by atoms with van der Waals surface area (Å²) >= 11 is 0. The van der Waals surface area contributed by atoms with Crippen molar-refractivity contribution in [3.63, 3.8) is 0 Å². The maximum Gasteiger partial charge on any atom is 0.256 e. The van der Waals surface area contributed by atoms with E-state index in [0.717, 1.165) is 18.4 Å². The van der Waals surface area contributed by atoms with Crippen LogP contribution in [0.25, 0.3) is 0 Å². The van der Waals surface area contributed by atoms with Crippen LogP contribution in [0, 0.1) is 0 Å². The molecule has 0 saturated heterocycles. The molecule has 0 spiro atoms. The molecule has 0 saturated carbocycles. The first-order valence-electron chi connectivity index (χ1n) is 5.80. The average Bonchev–Trinajstić information content (AvgIpc) is 2.37. The van der Waals surface area contributed by atoms with Gasteiger partial charge in [-0.25, -0.2) is 0 Å². The zero-order chi connectivity index (χ0) is 12.4. The van der Waals surface area contributed by atoms with E-state index in [1.54, 1.807) is 13.1 Å². The molecule has 0 radical (unpaired) electrons. The zero-order valence-corrected chi connectivity index (χ0v) is 10.1. The second-order valence-electron chi connectivity index (χ2n) is 4.34. The number of aryl methyl sites for hydroxylation is 1. The SMILES string of the molecule is CCCc1ccc2c(c1)NC(=O)CN(C)C2=O. The molecular formula is C13H16N2O2. The average molecular weight is 232 g/mol. The molecule has 4 heteroatoms. The lowest BCUT2D eigenvalue weighted by Crippen LogP contribution is -2.31.